The van der Waals surface area contributed by atoms with Crippen LogP contribution in [-0.4, -0.2) is 49.8 Å². The van der Waals surface area contributed by atoms with Crippen molar-refractivity contribution in [1.29, 1.82) is 0 Å². The van der Waals surface area contributed by atoms with E-state index in [9.17, 15) is 0 Å². The number of rotatable bonds is 7. The zero-order valence-electron chi connectivity index (χ0n) is 16.9. The van der Waals surface area contributed by atoms with Gasteiger partial charge in [0.2, 0.25) is 0 Å². The molecule has 0 unspecified atom stereocenters. The summed E-state index contributed by atoms with van der Waals surface area (Å²) < 4.78 is 1.88. The van der Waals surface area contributed by atoms with E-state index in [2.05, 4.69) is 54.9 Å². The quantitative estimate of drug-likeness (QED) is 0.835. The van der Waals surface area contributed by atoms with E-state index in [4.69, 9.17) is 4.98 Å². The highest BCUT2D eigenvalue weighted by Crippen LogP contribution is 2.25. The number of hydrogen-bond acceptors (Lipinski definition) is 5. The van der Waals surface area contributed by atoms with Gasteiger partial charge in [0, 0.05) is 49.7 Å². The summed E-state index contributed by atoms with van der Waals surface area (Å²) >= 11 is 0. The predicted molar refractivity (Wildman–Crippen MR) is 104 cm³/mol. The van der Waals surface area contributed by atoms with Crippen molar-refractivity contribution >= 4 is 5.82 Å². The van der Waals surface area contributed by atoms with Crippen LogP contribution in [0.4, 0.5) is 5.82 Å². The van der Waals surface area contributed by atoms with Gasteiger partial charge < -0.3 is 5.32 Å². The first-order valence-electron chi connectivity index (χ1n) is 9.06. The molecule has 2 rings (SSSR count). The van der Waals surface area contributed by atoms with Crippen LogP contribution in [0.3, 0.4) is 0 Å². The van der Waals surface area contributed by atoms with Crippen molar-refractivity contribution in [3.05, 3.63) is 23.1 Å². The molecule has 0 fully saturated rings. The summed E-state index contributed by atoms with van der Waals surface area (Å²) in [6, 6.07) is 1.06. The Morgan fingerprint density at radius 1 is 1.12 bits per heavy atom. The Labute approximate surface area is 151 Å². The van der Waals surface area contributed by atoms with Gasteiger partial charge in [-0.25, -0.2) is 9.97 Å². The fraction of sp³-hybridized carbons (Fsp3) is 0.632. The Hall–Kier alpha value is -1.95. The van der Waals surface area contributed by atoms with Gasteiger partial charge in [-0.2, -0.15) is 5.10 Å². The maximum absolute atomic E-state index is 4.77. The number of nitrogens with one attached hydrogen (secondary N) is 1. The fourth-order valence-electron chi connectivity index (χ4n) is 3.25. The first kappa shape index (κ1) is 19.4. The highest BCUT2D eigenvalue weighted by Gasteiger charge is 2.16. The fourth-order valence-corrected chi connectivity index (χ4v) is 3.25. The van der Waals surface area contributed by atoms with Crippen molar-refractivity contribution in [3.8, 4) is 11.4 Å². The zero-order chi connectivity index (χ0) is 18.7. The standard InChI is InChI=1S/C19H32N6/c1-12(2)25(13(3)4)10-9-20-18-14(5)11-21-19(22-18)17-15(6)23-24(8)16(17)7/h11-13H,9-10H2,1-8H3,(H,20,21,22). The van der Waals surface area contributed by atoms with Crippen molar-refractivity contribution in [2.24, 2.45) is 7.05 Å². The van der Waals surface area contributed by atoms with E-state index in [1.165, 1.54) is 0 Å². The van der Waals surface area contributed by atoms with E-state index in [1.807, 2.05) is 31.8 Å². The average Bonchev–Trinajstić information content (AvgIpc) is 2.77. The van der Waals surface area contributed by atoms with Crippen molar-refractivity contribution in [1.82, 2.24) is 24.6 Å². The number of nitrogens with zero attached hydrogens (tertiary/aromatic N) is 5. The monoisotopic (exact) mass is 344 g/mol. The molecular formula is C19H32N6. The minimum atomic E-state index is 0.532. The SMILES string of the molecule is Cc1cnc(-c2c(C)nn(C)c2C)nc1NCCN(C(C)C)C(C)C. The number of anilines is 1. The largest absolute Gasteiger partial charge is 0.368 e. The third-order valence-corrected chi connectivity index (χ3v) is 4.69. The van der Waals surface area contributed by atoms with Crippen molar-refractivity contribution in [2.75, 3.05) is 18.4 Å². The molecule has 2 aromatic rings. The minimum absolute atomic E-state index is 0.532. The molecule has 2 aromatic heterocycles. The second-order valence-electron chi connectivity index (χ2n) is 7.25. The molecule has 0 radical (unpaired) electrons. The molecule has 0 saturated carbocycles. The van der Waals surface area contributed by atoms with E-state index < -0.39 is 0 Å². The third-order valence-electron chi connectivity index (χ3n) is 4.69. The van der Waals surface area contributed by atoms with Crippen LogP contribution in [0.1, 0.15) is 44.6 Å². The summed E-state index contributed by atoms with van der Waals surface area (Å²) in [6.07, 6.45) is 1.89. The van der Waals surface area contributed by atoms with Crippen LogP contribution in [0, 0.1) is 20.8 Å². The molecule has 0 atom stereocenters. The first-order valence-corrected chi connectivity index (χ1v) is 9.06. The first-order chi connectivity index (χ1) is 11.7. The summed E-state index contributed by atoms with van der Waals surface area (Å²) in [7, 11) is 1.95. The summed E-state index contributed by atoms with van der Waals surface area (Å²) in [5, 5.41) is 7.96. The Morgan fingerprint density at radius 3 is 2.28 bits per heavy atom. The summed E-state index contributed by atoms with van der Waals surface area (Å²) in [5.41, 5.74) is 4.12. The van der Waals surface area contributed by atoms with Crippen molar-refractivity contribution in [3.63, 3.8) is 0 Å². The van der Waals surface area contributed by atoms with Gasteiger partial charge in [0.25, 0.3) is 0 Å². The van der Waals surface area contributed by atoms with E-state index in [-0.39, 0.29) is 0 Å². The van der Waals surface area contributed by atoms with Crippen LogP contribution in [0.5, 0.6) is 0 Å². The Kier molecular flexibility index (Phi) is 6.16. The lowest BCUT2D eigenvalue weighted by Crippen LogP contribution is -2.40. The van der Waals surface area contributed by atoms with Gasteiger partial charge in [-0.1, -0.05) is 0 Å². The van der Waals surface area contributed by atoms with Crippen LogP contribution in [0.2, 0.25) is 0 Å². The topological polar surface area (TPSA) is 58.9 Å². The molecule has 0 aliphatic heterocycles. The lowest BCUT2D eigenvalue weighted by Gasteiger charge is -2.30. The molecule has 0 amide bonds. The van der Waals surface area contributed by atoms with Gasteiger partial charge >= 0.3 is 0 Å². The molecule has 0 spiro atoms. The van der Waals surface area contributed by atoms with Gasteiger partial charge in [-0.3, -0.25) is 9.58 Å². The van der Waals surface area contributed by atoms with Gasteiger partial charge in [-0.15, -0.1) is 0 Å². The highest BCUT2D eigenvalue weighted by molar-refractivity contribution is 5.63. The van der Waals surface area contributed by atoms with Crippen LogP contribution in [0.25, 0.3) is 11.4 Å². The summed E-state index contributed by atoms with van der Waals surface area (Å²) in [6.45, 7) is 16.9. The van der Waals surface area contributed by atoms with Gasteiger partial charge in [0.15, 0.2) is 5.82 Å². The molecular weight excluding hydrogens is 312 g/mol. The van der Waals surface area contributed by atoms with Crippen LogP contribution in [0.15, 0.2) is 6.20 Å². The maximum Gasteiger partial charge on any atom is 0.165 e. The van der Waals surface area contributed by atoms with E-state index in [1.54, 1.807) is 0 Å². The van der Waals surface area contributed by atoms with Crippen LogP contribution >= 0.6 is 0 Å². The van der Waals surface area contributed by atoms with Crippen molar-refractivity contribution in [2.45, 2.75) is 60.5 Å². The lowest BCUT2D eigenvalue weighted by atomic mass is 10.2. The number of aryl methyl sites for hydroxylation is 3. The molecule has 6 nitrogen and oxygen atoms in total. The van der Waals surface area contributed by atoms with Gasteiger partial charge in [-0.05, 0) is 48.5 Å². The predicted octanol–water partition coefficient (Wildman–Crippen LogP) is 3.33. The molecule has 0 bridgehead atoms. The highest BCUT2D eigenvalue weighted by atomic mass is 15.3. The molecule has 0 aliphatic rings. The molecule has 138 valence electrons. The zero-order valence-corrected chi connectivity index (χ0v) is 16.9. The van der Waals surface area contributed by atoms with E-state index in [0.29, 0.717) is 12.1 Å². The number of hydrogen-bond donors (Lipinski definition) is 1. The lowest BCUT2D eigenvalue weighted by molar-refractivity contribution is 0.182. The van der Waals surface area contributed by atoms with Crippen molar-refractivity contribution < 1.29 is 0 Å². The van der Waals surface area contributed by atoms with E-state index in [0.717, 1.165) is 47.2 Å². The molecule has 0 aliphatic carbocycles. The molecule has 25 heavy (non-hydrogen) atoms. The van der Waals surface area contributed by atoms with Crippen LogP contribution < -0.4 is 5.32 Å². The Bertz CT molecular complexity index is 709. The summed E-state index contributed by atoms with van der Waals surface area (Å²) in [5.74, 6) is 1.64. The Morgan fingerprint density at radius 2 is 1.76 bits per heavy atom. The second-order valence-corrected chi connectivity index (χ2v) is 7.25. The second kappa shape index (κ2) is 7.95. The molecule has 0 saturated heterocycles. The van der Waals surface area contributed by atoms with Gasteiger partial charge in [0.1, 0.15) is 5.82 Å². The molecule has 0 aromatic carbocycles. The van der Waals surface area contributed by atoms with E-state index >= 15 is 0 Å². The maximum atomic E-state index is 4.77. The third kappa shape index (κ3) is 4.37. The average molecular weight is 345 g/mol. The Balaban J connectivity index is 2.17. The smallest absolute Gasteiger partial charge is 0.165 e. The molecule has 2 heterocycles. The molecule has 1 N–H and O–H groups in total. The van der Waals surface area contributed by atoms with Gasteiger partial charge in [0.05, 0.1) is 11.3 Å². The number of aromatic nitrogens is 4. The summed E-state index contributed by atoms with van der Waals surface area (Å²) in [4.78, 5) is 11.8. The normalized spacial score (nSPS) is 11.8. The minimum Gasteiger partial charge on any atom is -0.368 e. The molecule has 6 heteroatoms. The van der Waals surface area contributed by atoms with Crippen LogP contribution in [-0.2, 0) is 7.05 Å².